The normalized spacial score (nSPS) is 12.1. The fourth-order valence-corrected chi connectivity index (χ4v) is 0.997. The second-order valence-electron chi connectivity index (χ2n) is 3.14. The van der Waals surface area contributed by atoms with E-state index in [-0.39, 0.29) is 5.91 Å². The smallest absolute Gasteiger partial charge is 0.236 e. The maximum atomic E-state index is 11.2. The Morgan fingerprint density at radius 3 is 2.71 bits per heavy atom. The Balaban J connectivity index is 3.46. The van der Waals surface area contributed by atoms with Crippen LogP contribution in [0.3, 0.4) is 0 Å². The molecule has 5 heteroatoms. The van der Waals surface area contributed by atoms with E-state index >= 15 is 0 Å². The maximum absolute atomic E-state index is 11.2. The van der Waals surface area contributed by atoms with Gasteiger partial charge in [0.05, 0.1) is 6.04 Å². The van der Waals surface area contributed by atoms with E-state index in [4.69, 9.17) is 11.5 Å². The molecule has 1 atom stereocenters. The van der Waals surface area contributed by atoms with Crippen molar-refractivity contribution < 1.29 is 9.59 Å². The van der Waals surface area contributed by atoms with E-state index in [2.05, 4.69) is 5.32 Å². The number of nitrogens with one attached hydrogen (secondary N) is 1. The van der Waals surface area contributed by atoms with Crippen LogP contribution in [-0.4, -0.2) is 31.3 Å². The summed E-state index contributed by atoms with van der Waals surface area (Å²) >= 11 is 0. The zero-order chi connectivity index (χ0) is 10.8. The molecule has 1 amide bonds. The van der Waals surface area contributed by atoms with Crippen LogP contribution in [0.25, 0.3) is 0 Å². The monoisotopic (exact) mass is 201 g/mol. The van der Waals surface area contributed by atoms with Crippen LogP contribution in [0.4, 0.5) is 0 Å². The van der Waals surface area contributed by atoms with Crippen LogP contribution in [0.2, 0.25) is 0 Å². The molecule has 14 heavy (non-hydrogen) atoms. The van der Waals surface area contributed by atoms with Gasteiger partial charge in [-0.15, -0.1) is 0 Å². The summed E-state index contributed by atoms with van der Waals surface area (Å²) in [6, 6.07) is -0.477. The number of nitrogens with two attached hydrogens (primary N) is 2. The summed E-state index contributed by atoms with van der Waals surface area (Å²) in [5, 5.41) is 2.66. The summed E-state index contributed by atoms with van der Waals surface area (Å²) in [5.41, 5.74) is 10.9. The van der Waals surface area contributed by atoms with E-state index in [1.165, 1.54) is 0 Å². The summed E-state index contributed by atoms with van der Waals surface area (Å²) in [7, 11) is 0. The van der Waals surface area contributed by atoms with Gasteiger partial charge in [0.2, 0.25) is 5.91 Å². The van der Waals surface area contributed by atoms with E-state index in [9.17, 15) is 9.59 Å². The van der Waals surface area contributed by atoms with Crippen molar-refractivity contribution in [2.24, 2.45) is 11.5 Å². The standard InChI is InChI=1S/C9H19N3O2/c10-5-3-4-8(11)9(14)12-6-1-2-7-13/h7-8H,1-6,10-11H2,(H,12,14). The largest absolute Gasteiger partial charge is 0.355 e. The van der Waals surface area contributed by atoms with E-state index in [1.807, 2.05) is 0 Å². The van der Waals surface area contributed by atoms with Gasteiger partial charge in [0, 0.05) is 13.0 Å². The summed E-state index contributed by atoms with van der Waals surface area (Å²) in [5.74, 6) is -0.163. The number of amides is 1. The van der Waals surface area contributed by atoms with Crippen molar-refractivity contribution in [2.45, 2.75) is 31.7 Å². The minimum atomic E-state index is -0.477. The lowest BCUT2D eigenvalue weighted by Crippen LogP contribution is -2.41. The lowest BCUT2D eigenvalue weighted by atomic mass is 10.1. The van der Waals surface area contributed by atoms with Crippen molar-refractivity contribution >= 4 is 12.2 Å². The summed E-state index contributed by atoms with van der Waals surface area (Å²) < 4.78 is 0. The average molecular weight is 201 g/mol. The van der Waals surface area contributed by atoms with Gasteiger partial charge in [-0.1, -0.05) is 0 Å². The summed E-state index contributed by atoms with van der Waals surface area (Å²) in [6.07, 6.45) is 3.33. The first-order valence-corrected chi connectivity index (χ1v) is 4.89. The first kappa shape index (κ1) is 13.1. The van der Waals surface area contributed by atoms with Gasteiger partial charge >= 0.3 is 0 Å². The summed E-state index contributed by atoms with van der Waals surface area (Å²) in [4.78, 5) is 21.2. The number of hydrogen-bond donors (Lipinski definition) is 3. The minimum absolute atomic E-state index is 0.163. The second-order valence-corrected chi connectivity index (χ2v) is 3.14. The van der Waals surface area contributed by atoms with Crippen molar-refractivity contribution in [3.05, 3.63) is 0 Å². The molecule has 5 nitrogen and oxygen atoms in total. The number of aldehydes is 1. The molecule has 0 bridgehead atoms. The Bertz CT molecular complexity index is 173. The van der Waals surface area contributed by atoms with Crippen LogP contribution in [0.5, 0.6) is 0 Å². The molecule has 82 valence electrons. The molecule has 0 spiro atoms. The molecule has 0 radical (unpaired) electrons. The topological polar surface area (TPSA) is 98.2 Å². The predicted octanol–water partition coefficient (Wildman–Crippen LogP) is -0.852. The van der Waals surface area contributed by atoms with Crippen LogP contribution >= 0.6 is 0 Å². The third kappa shape index (κ3) is 6.56. The van der Waals surface area contributed by atoms with Crippen molar-refractivity contribution in [3.8, 4) is 0 Å². The van der Waals surface area contributed by atoms with Gasteiger partial charge in [-0.25, -0.2) is 0 Å². The van der Waals surface area contributed by atoms with E-state index in [0.29, 0.717) is 32.4 Å². The zero-order valence-electron chi connectivity index (χ0n) is 8.37. The fourth-order valence-electron chi connectivity index (χ4n) is 0.997. The lowest BCUT2D eigenvalue weighted by Gasteiger charge is -2.10. The van der Waals surface area contributed by atoms with Gasteiger partial charge < -0.3 is 21.6 Å². The highest BCUT2D eigenvalue weighted by Gasteiger charge is 2.11. The highest BCUT2D eigenvalue weighted by Crippen LogP contribution is 1.92. The molecule has 0 rings (SSSR count). The molecule has 0 aromatic heterocycles. The molecule has 0 aromatic rings. The number of hydrogen-bond acceptors (Lipinski definition) is 4. The van der Waals surface area contributed by atoms with Crippen LogP contribution in [0.15, 0.2) is 0 Å². The van der Waals surface area contributed by atoms with E-state index < -0.39 is 6.04 Å². The molecule has 1 unspecified atom stereocenters. The van der Waals surface area contributed by atoms with E-state index in [0.717, 1.165) is 12.7 Å². The first-order valence-electron chi connectivity index (χ1n) is 4.89. The van der Waals surface area contributed by atoms with Crippen molar-refractivity contribution in [1.82, 2.24) is 5.32 Å². The second kappa shape index (κ2) is 8.65. The Labute approximate surface area is 84.2 Å². The Kier molecular flexibility index (Phi) is 8.07. The van der Waals surface area contributed by atoms with Gasteiger partial charge in [0.25, 0.3) is 0 Å². The highest BCUT2D eigenvalue weighted by atomic mass is 16.2. The van der Waals surface area contributed by atoms with Gasteiger partial charge in [-0.3, -0.25) is 4.79 Å². The summed E-state index contributed by atoms with van der Waals surface area (Å²) in [6.45, 7) is 1.06. The number of unbranched alkanes of at least 4 members (excludes halogenated alkanes) is 1. The quantitative estimate of drug-likeness (QED) is 0.352. The van der Waals surface area contributed by atoms with Gasteiger partial charge in [-0.2, -0.15) is 0 Å². The van der Waals surface area contributed by atoms with Crippen LogP contribution in [0.1, 0.15) is 25.7 Å². The average Bonchev–Trinajstić information content (AvgIpc) is 2.20. The molecule has 0 aliphatic heterocycles. The molecule has 0 saturated carbocycles. The van der Waals surface area contributed by atoms with Crippen LogP contribution in [-0.2, 0) is 9.59 Å². The fraction of sp³-hybridized carbons (Fsp3) is 0.778. The molecular weight excluding hydrogens is 182 g/mol. The molecule has 0 aliphatic rings. The van der Waals surface area contributed by atoms with Gasteiger partial charge in [0.15, 0.2) is 0 Å². The zero-order valence-corrected chi connectivity index (χ0v) is 8.37. The Morgan fingerprint density at radius 2 is 2.14 bits per heavy atom. The van der Waals surface area contributed by atoms with Gasteiger partial charge in [0.1, 0.15) is 6.29 Å². The Morgan fingerprint density at radius 1 is 1.43 bits per heavy atom. The third-order valence-corrected chi connectivity index (χ3v) is 1.85. The molecule has 5 N–H and O–H groups in total. The third-order valence-electron chi connectivity index (χ3n) is 1.85. The lowest BCUT2D eigenvalue weighted by molar-refractivity contribution is -0.122. The van der Waals surface area contributed by atoms with E-state index in [1.54, 1.807) is 0 Å². The number of carbonyl (C=O) groups is 2. The SMILES string of the molecule is NCCCC(N)C(=O)NCCCC=O. The van der Waals surface area contributed by atoms with Crippen LogP contribution < -0.4 is 16.8 Å². The minimum Gasteiger partial charge on any atom is -0.355 e. The Hall–Kier alpha value is -0.940. The molecule has 0 fully saturated rings. The van der Waals surface area contributed by atoms with Gasteiger partial charge in [-0.05, 0) is 25.8 Å². The molecule has 0 aromatic carbocycles. The maximum Gasteiger partial charge on any atom is 0.236 e. The van der Waals surface area contributed by atoms with Crippen molar-refractivity contribution in [2.75, 3.05) is 13.1 Å². The first-order chi connectivity index (χ1) is 6.72. The van der Waals surface area contributed by atoms with Crippen molar-refractivity contribution in [3.63, 3.8) is 0 Å². The van der Waals surface area contributed by atoms with Crippen molar-refractivity contribution in [1.29, 1.82) is 0 Å². The number of carbonyl (C=O) groups excluding carboxylic acids is 2. The van der Waals surface area contributed by atoms with Crippen LogP contribution in [0, 0.1) is 0 Å². The highest BCUT2D eigenvalue weighted by molar-refractivity contribution is 5.81. The molecule has 0 heterocycles. The predicted molar refractivity (Wildman–Crippen MR) is 54.6 cm³/mol. The number of rotatable bonds is 8. The molecule has 0 saturated heterocycles. The molecular formula is C9H19N3O2. The molecule has 0 aliphatic carbocycles.